The second kappa shape index (κ2) is 4.53. The Bertz CT molecular complexity index is 275. The minimum atomic E-state index is -1.02. The summed E-state index contributed by atoms with van der Waals surface area (Å²) in [6.07, 6.45) is 0.585. The second-order valence-corrected chi connectivity index (χ2v) is 6.90. The van der Waals surface area contributed by atoms with Crippen LogP contribution in [0.5, 0.6) is 0 Å². The molecular weight excluding hydrogens is 183 g/mol. The number of halogens is 1. The fourth-order valence-corrected chi connectivity index (χ4v) is 1.88. The lowest BCUT2D eigenvalue weighted by atomic mass is 10.1. The summed E-state index contributed by atoms with van der Waals surface area (Å²) in [6, 6.07) is 6.44. The Labute approximate surface area is 79.8 Å². The van der Waals surface area contributed by atoms with E-state index in [9.17, 15) is 9.50 Å². The Hall–Kier alpha value is -0.673. The number of aliphatic hydroxyl groups excluding tert-OH is 1. The van der Waals surface area contributed by atoms with Gasteiger partial charge in [0.25, 0.3) is 0 Å². The van der Waals surface area contributed by atoms with Crippen molar-refractivity contribution in [2.24, 2.45) is 0 Å². The first-order chi connectivity index (χ1) is 6.09. The van der Waals surface area contributed by atoms with Crippen LogP contribution in [0.2, 0.25) is 13.1 Å². The smallest absolute Gasteiger partial charge is 0.123 e. The maximum absolute atomic E-state index is 12.7. The predicted molar refractivity (Wildman–Crippen MR) is 55.0 cm³/mol. The van der Waals surface area contributed by atoms with Crippen molar-refractivity contribution < 1.29 is 9.50 Å². The molecule has 1 atom stereocenters. The fraction of sp³-hybridized carbons (Fsp3) is 0.400. The number of hydrogen-bond acceptors (Lipinski definition) is 1. The quantitative estimate of drug-likeness (QED) is 0.734. The highest BCUT2D eigenvalue weighted by atomic mass is 28.3. The predicted octanol–water partition coefficient (Wildman–Crippen LogP) is 1.75. The molecule has 72 valence electrons. The van der Waals surface area contributed by atoms with Crippen molar-refractivity contribution in [3.05, 3.63) is 35.6 Å². The van der Waals surface area contributed by atoms with E-state index in [0.29, 0.717) is 6.42 Å². The summed E-state index contributed by atoms with van der Waals surface area (Å²) in [5.41, 5.74) is 0.635. The Morgan fingerprint density at radius 1 is 1.46 bits per heavy atom. The molecule has 0 heterocycles. The standard InChI is InChI=1S/C10H15FOSi/c1-13(2)10(12)7-8-4-3-5-9(11)6-8/h3-6,10,12-13H,7H2,1-2H3. The van der Waals surface area contributed by atoms with Crippen LogP contribution in [0.1, 0.15) is 5.56 Å². The Morgan fingerprint density at radius 3 is 2.69 bits per heavy atom. The third-order valence-electron chi connectivity index (χ3n) is 2.10. The van der Waals surface area contributed by atoms with E-state index in [-0.39, 0.29) is 11.5 Å². The van der Waals surface area contributed by atoms with Crippen molar-refractivity contribution in [1.82, 2.24) is 0 Å². The molecule has 0 amide bonds. The van der Waals surface area contributed by atoms with E-state index in [1.165, 1.54) is 12.1 Å². The van der Waals surface area contributed by atoms with Crippen LogP contribution in [0.15, 0.2) is 24.3 Å². The van der Waals surface area contributed by atoms with Crippen molar-refractivity contribution >= 4 is 8.80 Å². The zero-order chi connectivity index (χ0) is 9.84. The summed E-state index contributed by atoms with van der Waals surface area (Å²) >= 11 is 0. The molecule has 13 heavy (non-hydrogen) atoms. The molecule has 1 aromatic carbocycles. The van der Waals surface area contributed by atoms with Crippen LogP contribution >= 0.6 is 0 Å². The Kier molecular flexibility index (Phi) is 3.63. The Balaban J connectivity index is 2.64. The Morgan fingerprint density at radius 2 is 2.15 bits per heavy atom. The van der Waals surface area contributed by atoms with Crippen molar-refractivity contribution in [2.45, 2.75) is 25.2 Å². The average molecular weight is 198 g/mol. The molecule has 0 aliphatic heterocycles. The van der Waals surface area contributed by atoms with Crippen molar-refractivity contribution in [1.29, 1.82) is 0 Å². The summed E-state index contributed by atoms with van der Waals surface area (Å²) in [6.45, 7) is 4.17. The third kappa shape index (κ3) is 3.28. The molecule has 0 spiro atoms. The largest absolute Gasteiger partial charge is 0.397 e. The zero-order valence-electron chi connectivity index (χ0n) is 8.00. The molecule has 1 rings (SSSR count). The van der Waals surface area contributed by atoms with Crippen LogP contribution in [0.3, 0.4) is 0 Å². The van der Waals surface area contributed by atoms with Gasteiger partial charge < -0.3 is 5.11 Å². The minimum absolute atomic E-state index is 0.227. The van der Waals surface area contributed by atoms with Gasteiger partial charge in [0.05, 0.1) is 8.80 Å². The molecule has 1 unspecified atom stereocenters. The summed E-state index contributed by atoms with van der Waals surface area (Å²) in [5, 5.41) is 9.61. The average Bonchev–Trinajstić information content (AvgIpc) is 2.04. The maximum atomic E-state index is 12.7. The van der Waals surface area contributed by atoms with Gasteiger partial charge in [-0.25, -0.2) is 4.39 Å². The van der Waals surface area contributed by atoms with Gasteiger partial charge in [0.15, 0.2) is 0 Å². The van der Waals surface area contributed by atoms with Gasteiger partial charge >= 0.3 is 0 Å². The van der Waals surface area contributed by atoms with Crippen molar-refractivity contribution in [2.75, 3.05) is 0 Å². The molecule has 0 aliphatic rings. The van der Waals surface area contributed by atoms with Crippen LogP contribution in [0, 0.1) is 5.82 Å². The first kappa shape index (κ1) is 10.4. The normalized spacial score (nSPS) is 13.3. The van der Waals surface area contributed by atoms with Crippen LogP contribution in [0.4, 0.5) is 4.39 Å². The molecule has 0 radical (unpaired) electrons. The van der Waals surface area contributed by atoms with Crippen LogP contribution in [-0.2, 0) is 6.42 Å². The number of rotatable bonds is 3. The van der Waals surface area contributed by atoms with Gasteiger partial charge in [-0.05, 0) is 24.1 Å². The summed E-state index contributed by atoms with van der Waals surface area (Å²) in [7, 11) is -1.02. The summed E-state index contributed by atoms with van der Waals surface area (Å²) in [4.78, 5) is 0. The maximum Gasteiger partial charge on any atom is 0.123 e. The summed E-state index contributed by atoms with van der Waals surface area (Å²) in [5.74, 6) is -0.227. The third-order valence-corrected chi connectivity index (χ3v) is 3.88. The fourth-order valence-electron chi connectivity index (χ4n) is 1.14. The van der Waals surface area contributed by atoms with Crippen LogP contribution < -0.4 is 0 Å². The number of benzene rings is 1. The molecule has 3 heteroatoms. The molecule has 1 aromatic rings. The van der Waals surface area contributed by atoms with Crippen molar-refractivity contribution in [3.63, 3.8) is 0 Å². The first-order valence-electron chi connectivity index (χ1n) is 4.52. The lowest BCUT2D eigenvalue weighted by molar-refractivity contribution is 0.249. The molecule has 0 saturated heterocycles. The highest BCUT2D eigenvalue weighted by molar-refractivity contribution is 6.57. The first-order valence-corrected chi connectivity index (χ1v) is 7.49. The second-order valence-electron chi connectivity index (χ2n) is 3.65. The number of hydrogen-bond donors (Lipinski definition) is 1. The minimum Gasteiger partial charge on any atom is -0.397 e. The van der Waals surface area contributed by atoms with E-state index in [0.717, 1.165) is 5.56 Å². The van der Waals surface area contributed by atoms with E-state index >= 15 is 0 Å². The van der Waals surface area contributed by atoms with E-state index in [4.69, 9.17) is 0 Å². The van der Waals surface area contributed by atoms with Gasteiger partial charge in [-0.2, -0.15) is 0 Å². The van der Waals surface area contributed by atoms with Gasteiger partial charge in [-0.1, -0.05) is 25.2 Å². The topological polar surface area (TPSA) is 20.2 Å². The van der Waals surface area contributed by atoms with Gasteiger partial charge in [0.2, 0.25) is 0 Å². The van der Waals surface area contributed by atoms with E-state index in [1.807, 2.05) is 6.07 Å². The zero-order valence-corrected chi connectivity index (χ0v) is 9.15. The number of aliphatic hydroxyl groups is 1. The van der Waals surface area contributed by atoms with Crippen molar-refractivity contribution in [3.8, 4) is 0 Å². The lowest BCUT2D eigenvalue weighted by Crippen LogP contribution is -2.26. The SMILES string of the molecule is C[SiH](C)C(O)Cc1cccc(F)c1. The van der Waals surface area contributed by atoms with E-state index in [1.54, 1.807) is 6.07 Å². The molecular formula is C10H15FOSi. The van der Waals surface area contributed by atoms with Gasteiger partial charge in [0.1, 0.15) is 5.82 Å². The summed E-state index contributed by atoms with van der Waals surface area (Å²) < 4.78 is 12.7. The van der Waals surface area contributed by atoms with E-state index < -0.39 is 8.80 Å². The molecule has 0 saturated carbocycles. The molecule has 0 bridgehead atoms. The molecule has 0 aromatic heterocycles. The van der Waals surface area contributed by atoms with Gasteiger partial charge in [-0.3, -0.25) is 0 Å². The highest BCUT2D eigenvalue weighted by Crippen LogP contribution is 2.07. The van der Waals surface area contributed by atoms with Crippen LogP contribution in [-0.4, -0.2) is 19.6 Å². The van der Waals surface area contributed by atoms with Crippen LogP contribution in [0.25, 0.3) is 0 Å². The molecule has 0 aliphatic carbocycles. The lowest BCUT2D eigenvalue weighted by Gasteiger charge is -2.12. The van der Waals surface area contributed by atoms with Gasteiger partial charge in [0, 0.05) is 5.73 Å². The molecule has 1 nitrogen and oxygen atoms in total. The monoisotopic (exact) mass is 198 g/mol. The molecule has 0 fully saturated rings. The molecule has 1 N–H and O–H groups in total. The van der Waals surface area contributed by atoms with Gasteiger partial charge in [-0.15, -0.1) is 0 Å². The van der Waals surface area contributed by atoms with E-state index in [2.05, 4.69) is 13.1 Å². The highest BCUT2D eigenvalue weighted by Gasteiger charge is 2.11.